The van der Waals surface area contributed by atoms with Crippen molar-refractivity contribution < 1.29 is 4.79 Å². The second kappa shape index (κ2) is 8.85. The average molecular weight is 392 g/mol. The lowest BCUT2D eigenvalue weighted by molar-refractivity contribution is 0.0907. The van der Waals surface area contributed by atoms with Crippen molar-refractivity contribution in [3.63, 3.8) is 0 Å². The first-order valence-corrected chi connectivity index (χ1v) is 9.37. The second-order valence-corrected chi connectivity index (χ2v) is 7.89. The number of nitrogens with one attached hydrogen (secondary N) is 2. The fourth-order valence-electron chi connectivity index (χ4n) is 3.64. The van der Waals surface area contributed by atoms with Crippen LogP contribution >= 0.6 is 12.4 Å². The number of rotatable bonds is 5. The number of benzene rings is 1. The molecule has 27 heavy (non-hydrogen) atoms. The van der Waals surface area contributed by atoms with Crippen LogP contribution in [0.2, 0.25) is 0 Å². The van der Waals surface area contributed by atoms with Crippen molar-refractivity contribution in [2.24, 2.45) is 0 Å². The molecular formula is C20H30ClN5O. The molecular weight excluding hydrogens is 362 g/mol. The highest BCUT2D eigenvalue weighted by atomic mass is 35.5. The van der Waals surface area contributed by atoms with Gasteiger partial charge in [0.1, 0.15) is 0 Å². The van der Waals surface area contributed by atoms with Crippen molar-refractivity contribution in [3.05, 3.63) is 46.8 Å². The molecule has 2 heterocycles. The number of halogens is 1. The van der Waals surface area contributed by atoms with E-state index in [0.29, 0.717) is 11.7 Å². The van der Waals surface area contributed by atoms with Gasteiger partial charge >= 0.3 is 0 Å². The van der Waals surface area contributed by atoms with Crippen LogP contribution < -0.4 is 10.6 Å². The maximum absolute atomic E-state index is 12.8. The minimum absolute atomic E-state index is 0. The summed E-state index contributed by atoms with van der Waals surface area (Å²) in [4.78, 5) is 12.8. The quantitative estimate of drug-likeness (QED) is 0.821. The van der Waals surface area contributed by atoms with Gasteiger partial charge in [-0.2, -0.15) is 0 Å². The maximum atomic E-state index is 12.8. The van der Waals surface area contributed by atoms with E-state index in [1.807, 2.05) is 37.6 Å². The third-order valence-electron chi connectivity index (χ3n) is 5.14. The number of amides is 1. The number of carbonyl (C=O) groups is 1. The molecule has 1 aliphatic rings. The largest absolute Gasteiger partial charge is 0.345 e. The zero-order valence-electron chi connectivity index (χ0n) is 16.6. The van der Waals surface area contributed by atoms with Crippen molar-refractivity contribution in [2.75, 3.05) is 13.1 Å². The first-order chi connectivity index (χ1) is 12.4. The van der Waals surface area contributed by atoms with Crippen LogP contribution in [0.3, 0.4) is 0 Å². The molecule has 2 N–H and O–H groups in total. The minimum Gasteiger partial charge on any atom is -0.345 e. The summed E-state index contributed by atoms with van der Waals surface area (Å²) in [6, 6.07) is 8.61. The summed E-state index contributed by atoms with van der Waals surface area (Å²) in [6.45, 7) is 10.1. The van der Waals surface area contributed by atoms with Gasteiger partial charge in [-0.1, -0.05) is 29.5 Å². The van der Waals surface area contributed by atoms with E-state index in [9.17, 15) is 4.79 Å². The molecule has 0 bridgehead atoms. The first kappa shape index (κ1) is 21.4. The van der Waals surface area contributed by atoms with E-state index in [2.05, 4.69) is 40.0 Å². The van der Waals surface area contributed by atoms with Gasteiger partial charge in [0.05, 0.1) is 11.7 Å². The van der Waals surface area contributed by atoms with Crippen molar-refractivity contribution >= 4 is 18.3 Å². The number of hydrogen-bond acceptors (Lipinski definition) is 4. The van der Waals surface area contributed by atoms with Gasteiger partial charge in [0.2, 0.25) is 0 Å². The van der Waals surface area contributed by atoms with E-state index in [-0.39, 0.29) is 23.9 Å². The molecule has 7 heteroatoms. The van der Waals surface area contributed by atoms with E-state index < -0.39 is 0 Å². The molecule has 1 aromatic heterocycles. The molecule has 0 saturated carbocycles. The molecule has 0 spiro atoms. The second-order valence-electron chi connectivity index (χ2n) is 7.89. The Morgan fingerprint density at radius 1 is 1.26 bits per heavy atom. The Hall–Kier alpha value is -1.92. The van der Waals surface area contributed by atoms with Crippen LogP contribution in [-0.2, 0) is 6.42 Å². The number of piperidine rings is 1. The SMILES string of the molecule is Cc1ccccc1CC(C)(C)NC(=O)c1nnn(C2CCNCC2)c1C.Cl. The van der Waals surface area contributed by atoms with Crippen LogP contribution in [0.4, 0.5) is 0 Å². The molecule has 1 amide bonds. The van der Waals surface area contributed by atoms with E-state index in [1.54, 1.807) is 0 Å². The summed E-state index contributed by atoms with van der Waals surface area (Å²) in [5.41, 5.74) is 3.40. The standard InChI is InChI=1S/C20H29N5O.ClH/c1-14-7-5-6-8-16(14)13-20(3,4)22-19(26)18-15(2)25(24-23-18)17-9-11-21-12-10-17;/h5-8,17,21H,9-13H2,1-4H3,(H,22,26);1H. The van der Waals surface area contributed by atoms with Gasteiger partial charge in [0, 0.05) is 5.54 Å². The molecule has 0 unspecified atom stereocenters. The molecule has 3 rings (SSSR count). The van der Waals surface area contributed by atoms with Gasteiger partial charge in [-0.3, -0.25) is 4.79 Å². The van der Waals surface area contributed by atoms with E-state index in [4.69, 9.17) is 0 Å². The summed E-state index contributed by atoms with van der Waals surface area (Å²) < 4.78 is 1.92. The number of aryl methyl sites for hydroxylation is 1. The van der Waals surface area contributed by atoms with Gasteiger partial charge in [0.25, 0.3) is 5.91 Å². The van der Waals surface area contributed by atoms with Crippen molar-refractivity contribution in [3.8, 4) is 0 Å². The lowest BCUT2D eigenvalue weighted by atomic mass is 9.92. The Morgan fingerprint density at radius 3 is 2.59 bits per heavy atom. The highest BCUT2D eigenvalue weighted by Gasteiger charge is 2.27. The monoisotopic (exact) mass is 391 g/mol. The molecule has 148 valence electrons. The lowest BCUT2D eigenvalue weighted by Gasteiger charge is -2.27. The Balaban J connectivity index is 0.00000261. The van der Waals surface area contributed by atoms with Crippen LogP contribution in [0.15, 0.2) is 24.3 Å². The van der Waals surface area contributed by atoms with E-state index in [0.717, 1.165) is 38.0 Å². The molecule has 2 aromatic rings. The zero-order chi connectivity index (χ0) is 18.7. The summed E-state index contributed by atoms with van der Waals surface area (Å²) in [5.74, 6) is -0.152. The Morgan fingerprint density at radius 2 is 1.93 bits per heavy atom. The van der Waals surface area contributed by atoms with Crippen molar-refractivity contribution in [1.82, 2.24) is 25.6 Å². The Kier molecular flexibility index (Phi) is 7.00. The minimum atomic E-state index is -0.367. The van der Waals surface area contributed by atoms with E-state index >= 15 is 0 Å². The van der Waals surface area contributed by atoms with Crippen molar-refractivity contribution in [1.29, 1.82) is 0 Å². The molecule has 0 atom stereocenters. The number of carbonyl (C=O) groups excluding carboxylic acids is 1. The van der Waals surface area contributed by atoms with Gasteiger partial charge < -0.3 is 10.6 Å². The van der Waals surface area contributed by atoms with Gasteiger partial charge in [-0.15, -0.1) is 17.5 Å². The van der Waals surface area contributed by atoms with Crippen LogP contribution in [-0.4, -0.2) is 39.5 Å². The maximum Gasteiger partial charge on any atom is 0.274 e. The Bertz CT molecular complexity index is 780. The number of aromatic nitrogens is 3. The summed E-state index contributed by atoms with van der Waals surface area (Å²) in [5, 5.41) is 14.9. The third kappa shape index (κ3) is 5.08. The number of hydrogen-bond donors (Lipinski definition) is 2. The van der Waals surface area contributed by atoms with Crippen LogP contribution in [0.25, 0.3) is 0 Å². The van der Waals surface area contributed by atoms with Gasteiger partial charge in [-0.05, 0) is 71.2 Å². The molecule has 0 radical (unpaired) electrons. The van der Waals surface area contributed by atoms with Crippen LogP contribution in [0.5, 0.6) is 0 Å². The molecule has 1 aromatic carbocycles. The fraction of sp³-hybridized carbons (Fsp3) is 0.550. The van der Waals surface area contributed by atoms with E-state index in [1.165, 1.54) is 11.1 Å². The zero-order valence-corrected chi connectivity index (χ0v) is 17.4. The highest BCUT2D eigenvalue weighted by Crippen LogP contribution is 2.21. The lowest BCUT2D eigenvalue weighted by Crippen LogP contribution is -2.45. The first-order valence-electron chi connectivity index (χ1n) is 9.37. The van der Waals surface area contributed by atoms with Crippen LogP contribution in [0.1, 0.15) is 60.0 Å². The molecule has 1 aliphatic heterocycles. The van der Waals surface area contributed by atoms with Gasteiger partial charge in [-0.25, -0.2) is 4.68 Å². The highest BCUT2D eigenvalue weighted by molar-refractivity contribution is 5.93. The predicted molar refractivity (Wildman–Crippen MR) is 110 cm³/mol. The fourth-order valence-corrected chi connectivity index (χ4v) is 3.64. The smallest absolute Gasteiger partial charge is 0.274 e. The number of nitrogens with zero attached hydrogens (tertiary/aromatic N) is 3. The van der Waals surface area contributed by atoms with Gasteiger partial charge in [0.15, 0.2) is 5.69 Å². The molecule has 0 aliphatic carbocycles. The average Bonchev–Trinajstić information content (AvgIpc) is 2.99. The summed E-state index contributed by atoms with van der Waals surface area (Å²) >= 11 is 0. The summed E-state index contributed by atoms with van der Waals surface area (Å²) in [7, 11) is 0. The topological polar surface area (TPSA) is 71.8 Å². The Labute approximate surface area is 167 Å². The normalized spacial score (nSPS) is 15.3. The van der Waals surface area contributed by atoms with Crippen LogP contribution in [0, 0.1) is 13.8 Å². The molecule has 1 fully saturated rings. The predicted octanol–water partition coefficient (Wildman–Crippen LogP) is 2.99. The molecule has 1 saturated heterocycles. The third-order valence-corrected chi connectivity index (χ3v) is 5.14. The molecule has 6 nitrogen and oxygen atoms in total. The van der Waals surface area contributed by atoms with Crippen molar-refractivity contribution in [2.45, 2.75) is 58.5 Å². The summed E-state index contributed by atoms with van der Waals surface area (Å²) in [6.07, 6.45) is 2.81.